The molecule has 3 rings (SSSR count). The van der Waals surface area contributed by atoms with Crippen molar-refractivity contribution in [3.05, 3.63) is 78.4 Å². The first-order valence-electron chi connectivity index (χ1n) is 9.14. The van der Waals surface area contributed by atoms with Crippen LogP contribution >= 0.6 is 11.8 Å². The van der Waals surface area contributed by atoms with Crippen molar-refractivity contribution < 1.29 is 4.39 Å². The van der Waals surface area contributed by atoms with Crippen LogP contribution in [0.1, 0.15) is 5.69 Å². The lowest BCUT2D eigenvalue weighted by atomic mass is 10.3. The van der Waals surface area contributed by atoms with Crippen molar-refractivity contribution in [2.24, 2.45) is 4.99 Å². The number of halogens is 1. The second-order valence-electron chi connectivity index (χ2n) is 6.12. The molecule has 0 atom stereocenters. The number of nitrogens with zero attached hydrogens (tertiary/aromatic N) is 3. The van der Waals surface area contributed by atoms with Gasteiger partial charge in [-0.2, -0.15) is 4.98 Å². The van der Waals surface area contributed by atoms with E-state index in [0.717, 1.165) is 11.4 Å². The number of benzene rings is 2. The highest BCUT2D eigenvalue weighted by Gasteiger charge is 2.07. The zero-order valence-electron chi connectivity index (χ0n) is 16.3. The van der Waals surface area contributed by atoms with Crippen LogP contribution in [-0.2, 0) is 0 Å². The van der Waals surface area contributed by atoms with Gasteiger partial charge in [0.25, 0.3) is 0 Å². The maximum Gasteiger partial charge on any atom is 0.229 e. The molecule has 0 radical (unpaired) electrons. The zero-order chi connectivity index (χ0) is 21.2. The van der Waals surface area contributed by atoms with E-state index in [0.29, 0.717) is 28.1 Å². The van der Waals surface area contributed by atoms with E-state index < -0.39 is 0 Å². The topological polar surface area (TPSA) is 62.2 Å². The quantitative estimate of drug-likeness (QED) is 0.279. The van der Waals surface area contributed by atoms with Crippen molar-refractivity contribution >= 4 is 41.1 Å². The summed E-state index contributed by atoms with van der Waals surface area (Å²) in [5, 5.41) is 6.30. The lowest BCUT2D eigenvalue weighted by Gasteiger charge is -2.11. The van der Waals surface area contributed by atoms with Crippen molar-refractivity contribution in [3.63, 3.8) is 0 Å². The zero-order valence-corrected chi connectivity index (χ0v) is 17.2. The van der Waals surface area contributed by atoms with Gasteiger partial charge in [-0.1, -0.05) is 30.2 Å². The number of terminal acetylenes is 1. The van der Waals surface area contributed by atoms with Crippen molar-refractivity contribution in [1.29, 1.82) is 0 Å². The van der Waals surface area contributed by atoms with Gasteiger partial charge in [-0.05, 0) is 37.3 Å². The summed E-state index contributed by atoms with van der Waals surface area (Å²) in [6, 6.07) is 16.5. The molecule has 5 nitrogen and oxygen atoms in total. The molecule has 7 heteroatoms. The molecule has 0 unspecified atom stereocenters. The molecule has 0 aliphatic rings. The molecule has 2 N–H and O–H groups in total. The molecule has 150 valence electrons. The smallest absolute Gasteiger partial charge is 0.229 e. The number of thioether (sulfide) groups is 1. The molecule has 0 saturated heterocycles. The Hall–Kier alpha value is -3.63. The highest BCUT2D eigenvalue weighted by molar-refractivity contribution is 7.99. The van der Waals surface area contributed by atoms with Crippen LogP contribution in [0.3, 0.4) is 0 Å². The minimum absolute atomic E-state index is 0.307. The third-order valence-electron chi connectivity index (χ3n) is 3.76. The van der Waals surface area contributed by atoms with E-state index in [1.807, 2.05) is 49.4 Å². The largest absolute Gasteiger partial charge is 0.340 e. The van der Waals surface area contributed by atoms with E-state index in [1.54, 1.807) is 18.3 Å². The fourth-order valence-corrected chi connectivity index (χ4v) is 3.23. The van der Waals surface area contributed by atoms with E-state index in [4.69, 9.17) is 6.42 Å². The van der Waals surface area contributed by atoms with E-state index in [2.05, 4.69) is 31.5 Å². The van der Waals surface area contributed by atoms with Crippen molar-refractivity contribution in [2.75, 3.05) is 16.4 Å². The number of para-hydroxylation sites is 1. The number of rotatable bonds is 8. The lowest BCUT2D eigenvalue weighted by Crippen LogP contribution is -2.02. The van der Waals surface area contributed by atoms with Crippen LogP contribution in [0.2, 0.25) is 0 Å². The first kappa shape index (κ1) is 21.1. The molecule has 0 spiro atoms. The standard InChI is InChI=1S/C23H20FN5S/c1-3-12-25-13-7-14-30-21-11-10-19(16-20(21)24)27-22-15-17(2)26-23(29-22)28-18-8-5-4-6-9-18/h1,4-13,15-16H,14H2,2H3,(H2,26,27,28,29)/b13-7-,25-12?. The van der Waals surface area contributed by atoms with Gasteiger partial charge in [0, 0.05) is 40.0 Å². The van der Waals surface area contributed by atoms with E-state index in [1.165, 1.54) is 24.0 Å². The molecule has 0 saturated carbocycles. The SMILES string of the molecule is C#CC=N/C=C\CSc1ccc(Nc2cc(C)nc(Nc3ccccc3)n2)cc1F. The Labute approximate surface area is 179 Å². The van der Waals surface area contributed by atoms with Gasteiger partial charge >= 0.3 is 0 Å². The Morgan fingerprint density at radius 3 is 2.70 bits per heavy atom. The molecule has 0 amide bonds. The summed E-state index contributed by atoms with van der Waals surface area (Å²) in [5.74, 6) is 3.63. The molecule has 0 aliphatic carbocycles. The van der Waals surface area contributed by atoms with Gasteiger partial charge in [-0.3, -0.25) is 4.99 Å². The third-order valence-corrected chi connectivity index (χ3v) is 4.77. The van der Waals surface area contributed by atoms with Crippen LogP contribution in [-0.4, -0.2) is 21.9 Å². The van der Waals surface area contributed by atoms with Gasteiger partial charge in [0.05, 0.1) is 6.21 Å². The molecule has 0 bridgehead atoms. The number of anilines is 4. The van der Waals surface area contributed by atoms with Crippen LogP contribution < -0.4 is 10.6 Å². The van der Waals surface area contributed by atoms with Gasteiger partial charge < -0.3 is 10.6 Å². The van der Waals surface area contributed by atoms with Crippen LogP contribution in [0.4, 0.5) is 27.5 Å². The molecular formula is C23H20FN5S. The summed E-state index contributed by atoms with van der Waals surface area (Å²) in [4.78, 5) is 13.3. The monoisotopic (exact) mass is 417 g/mol. The number of hydrogen-bond donors (Lipinski definition) is 2. The molecule has 1 aromatic heterocycles. The number of nitrogens with one attached hydrogen (secondary N) is 2. The first-order chi connectivity index (χ1) is 14.6. The van der Waals surface area contributed by atoms with Crippen molar-refractivity contribution in [3.8, 4) is 12.3 Å². The Balaban J connectivity index is 1.66. The van der Waals surface area contributed by atoms with Gasteiger partial charge in [0.1, 0.15) is 11.6 Å². The lowest BCUT2D eigenvalue weighted by molar-refractivity contribution is 0.603. The highest BCUT2D eigenvalue weighted by Crippen LogP contribution is 2.26. The first-order valence-corrected chi connectivity index (χ1v) is 10.1. The minimum atomic E-state index is -0.307. The fourth-order valence-electron chi connectivity index (χ4n) is 2.51. The van der Waals surface area contributed by atoms with Crippen LogP contribution in [0.5, 0.6) is 0 Å². The molecule has 2 aromatic carbocycles. The summed E-state index contributed by atoms with van der Waals surface area (Å²) in [6.45, 7) is 1.88. The average molecular weight is 418 g/mol. The number of aliphatic imine (C=N–C) groups is 1. The molecule has 30 heavy (non-hydrogen) atoms. The summed E-state index contributed by atoms with van der Waals surface area (Å²) in [5.41, 5.74) is 2.29. The molecule has 0 aliphatic heterocycles. The van der Waals surface area contributed by atoms with Gasteiger partial charge in [0.2, 0.25) is 5.95 Å². The Kier molecular flexibility index (Phi) is 7.58. The molecule has 1 heterocycles. The maximum absolute atomic E-state index is 14.4. The van der Waals surface area contributed by atoms with Crippen LogP contribution in [0, 0.1) is 25.1 Å². The Morgan fingerprint density at radius 2 is 1.93 bits per heavy atom. The van der Waals surface area contributed by atoms with Crippen LogP contribution in [0.15, 0.2) is 76.8 Å². The summed E-state index contributed by atoms with van der Waals surface area (Å²) in [7, 11) is 0. The van der Waals surface area contributed by atoms with E-state index >= 15 is 0 Å². The summed E-state index contributed by atoms with van der Waals surface area (Å²) < 4.78 is 14.4. The third kappa shape index (κ3) is 6.47. The highest BCUT2D eigenvalue weighted by atomic mass is 32.2. The predicted octanol–water partition coefficient (Wildman–Crippen LogP) is 5.72. The second-order valence-corrected chi connectivity index (χ2v) is 7.18. The number of hydrogen-bond acceptors (Lipinski definition) is 6. The van der Waals surface area contributed by atoms with Crippen molar-refractivity contribution in [2.45, 2.75) is 11.8 Å². The minimum Gasteiger partial charge on any atom is -0.340 e. The fraction of sp³-hybridized carbons (Fsp3) is 0.0870. The van der Waals surface area contributed by atoms with Crippen molar-refractivity contribution in [1.82, 2.24) is 9.97 Å². The maximum atomic E-state index is 14.4. The molecule has 0 fully saturated rings. The van der Waals surface area contributed by atoms with Gasteiger partial charge in [-0.15, -0.1) is 18.2 Å². The van der Waals surface area contributed by atoms with E-state index in [9.17, 15) is 4.39 Å². The second kappa shape index (κ2) is 10.8. The summed E-state index contributed by atoms with van der Waals surface area (Å²) in [6.07, 6.45) is 9.84. The van der Waals surface area contributed by atoms with E-state index in [-0.39, 0.29) is 5.82 Å². The van der Waals surface area contributed by atoms with Gasteiger partial charge in [0.15, 0.2) is 0 Å². The molecular weight excluding hydrogens is 397 g/mol. The normalized spacial score (nSPS) is 11.0. The molecule has 3 aromatic rings. The average Bonchev–Trinajstić information content (AvgIpc) is 2.72. The predicted molar refractivity (Wildman–Crippen MR) is 123 cm³/mol. The van der Waals surface area contributed by atoms with Gasteiger partial charge in [-0.25, -0.2) is 9.37 Å². The number of aromatic nitrogens is 2. The number of aryl methyl sites for hydroxylation is 1. The Morgan fingerprint density at radius 1 is 1.10 bits per heavy atom. The Bertz CT molecular complexity index is 1090. The van der Waals surface area contributed by atoms with Crippen LogP contribution in [0.25, 0.3) is 0 Å². The summed E-state index contributed by atoms with van der Waals surface area (Å²) >= 11 is 1.38.